The van der Waals surface area contributed by atoms with Crippen LogP contribution < -0.4 is 15.5 Å². The summed E-state index contributed by atoms with van der Waals surface area (Å²) in [6.07, 6.45) is 1.30. The number of benzene rings is 4. The normalized spacial score (nSPS) is 10.9. The lowest BCUT2D eigenvalue weighted by molar-refractivity contribution is -0.136. The van der Waals surface area contributed by atoms with E-state index in [0.29, 0.717) is 26.9 Å². The Labute approximate surface area is 220 Å². The first-order valence-corrected chi connectivity index (χ1v) is 11.5. The predicted octanol–water partition coefficient (Wildman–Crippen LogP) is 6.11. The van der Waals surface area contributed by atoms with Gasteiger partial charge in [-0.15, -0.1) is 0 Å². The largest absolute Gasteiger partial charge is 0.422 e. The van der Waals surface area contributed by atoms with Gasteiger partial charge in [-0.05, 0) is 59.3 Å². The number of amides is 2. The number of hydrogen-bond acceptors (Lipinski definition) is 5. The van der Waals surface area contributed by atoms with Crippen molar-refractivity contribution in [3.63, 3.8) is 0 Å². The molecule has 0 bridgehead atoms. The second-order valence-corrected chi connectivity index (χ2v) is 8.63. The second-order valence-electron chi connectivity index (χ2n) is 7.38. The lowest BCUT2D eigenvalue weighted by atomic mass is 10.0. The summed E-state index contributed by atoms with van der Waals surface area (Å²) in [4.78, 5) is 37.1. The van der Waals surface area contributed by atoms with Crippen LogP contribution in [0.3, 0.4) is 0 Å². The maximum absolute atomic E-state index is 12.7. The van der Waals surface area contributed by atoms with Crippen LogP contribution in [0.5, 0.6) is 5.75 Å². The molecule has 4 aromatic carbocycles. The highest BCUT2D eigenvalue weighted by Gasteiger charge is 2.16. The molecule has 0 aliphatic carbocycles. The number of hydrazone groups is 1. The van der Waals surface area contributed by atoms with Crippen LogP contribution in [-0.2, 0) is 9.59 Å². The summed E-state index contributed by atoms with van der Waals surface area (Å²) in [5, 5.41) is 8.90. The Balaban J connectivity index is 1.53. The number of nitrogens with zero attached hydrogens (tertiary/aromatic N) is 1. The van der Waals surface area contributed by atoms with E-state index < -0.39 is 17.8 Å². The van der Waals surface area contributed by atoms with Crippen LogP contribution in [0.25, 0.3) is 10.8 Å². The third-order valence-corrected chi connectivity index (χ3v) is 5.95. The maximum atomic E-state index is 12.7. The van der Waals surface area contributed by atoms with E-state index in [1.807, 2.05) is 24.3 Å². The van der Waals surface area contributed by atoms with Gasteiger partial charge in [0.2, 0.25) is 0 Å². The van der Waals surface area contributed by atoms with E-state index in [9.17, 15) is 14.4 Å². The summed E-state index contributed by atoms with van der Waals surface area (Å²) < 4.78 is 5.60. The molecule has 0 saturated carbocycles. The molecule has 0 atom stereocenters. The van der Waals surface area contributed by atoms with Crippen LogP contribution >= 0.6 is 34.8 Å². The average molecular weight is 541 g/mol. The highest BCUT2D eigenvalue weighted by atomic mass is 35.5. The van der Waals surface area contributed by atoms with E-state index >= 15 is 0 Å². The molecule has 0 aromatic heterocycles. The van der Waals surface area contributed by atoms with E-state index in [2.05, 4.69) is 15.8 Å². The zero-order chi connectivity index (χ0) is 25.7. The minimum Gasteiger partial charge on any atom is -0.422 e. The molecule has 0 spiro atoms. The smallest absolute Gasteiger partial charge is 0.343 e. The lowest BCUT2D eigenvalue weighted by Crippen LogP contribution is -2.32. The molecule has 4 rings (SSSR count). The number of halogens is 3. The number of rotatable bonds is 5. The Kier molecular flexibility index (Phi) is 7.85. The Morgan fingerprint density at radius 1 is 0.806 bits per heavy atom. The zero-order valence-electron chi connectivity index (χ0n) is 18.3. The van der Waals surface area contributed by atoms with Crippen molar-refractivity contribution in [2.24, 2.45) is 5.10 Å². The van der Waals surface area contributed by atoms with Gasteiger partial charge in [-0.3, -0.25) is 9.59 Å². The van der Waals surface area contributed by atoms with Crippen molar-refractivity contribution in [1.29, 1.82) is 0 Å². The van der Waals surface area contributed by atoms with Gasteiger partial charge in [0.25, 0.3) is 0 Å². The standard InChI is InChI=1S/C26H16Cl3N3O4/c27-17-8-5-16(6-9-17)26(35)36-23-12-7-15-3-1-2-4-19(15)20(23)14-30-32-25(34)24(33)31-18-10-11-21(28)22(29)13-18/h1-14H,(H,31,33)(H,32,34). The van der Waals surface area contributed by atoms with Crippen LogP contribution in [0.15, 0.2) is 84.0 Å². The van der Waals surface area contributed by atoms with Crippen molar-refractivity contribution in [2.45, 2.75) is 0 Å². The molecular weight excluding hydrogens is 525 g/mol. The van der Waals surface area contributed by atoms with Crippen molar-refractivity contribution < 1.29 is 19.1 Å². The summed E-state index contributed by atoms with van der Waals surface area (Å²) in [5.74, 6) is -2.36. The second kappa shape index (κ2) is 11.2. The maximum Gasteiger partial charge on any atom is 0.343 e. The number of esters is 1. The Morgan fingerprint density at radius 2 is 1.56 bits per heavy atom. The van der Waals surface area contributed by atoms with Crippen molar-refractivity contribution in [3.05, 3.63) is 105 Å². The summed E-state index contributed by atoms with van der Waals surface area (Å²) in [7, 11) is 0. The molecule has 0 unspecified atom stereocenters. The molecule has 10 heteroatoms. The molecule has 36 heavy (non-hydrogen) atoms. The summed E-state index contributed by atoms with van der Waals surface area (Å²) in [5.41, 5.74) is 3.19. The molecule has 0 radical (unpaired) electrons. The van der Waals surface area contributed by atoms with Crippen LogP contribution in [0, 0.1) is 0 Å². The molecule has 0 aliphatic rings. The fourth-order valence-electron chi connectivity index (χ4n) is 3.21. The Morgan fingerprint density at radius 3 is 2.31 bits per heavy atom. The minimum atomic E-state index is -1.02. The van der Waals surface area contributed by atoms with Crippen molar-refractivity contribution >= 4 is 75.3 Å². The van der Waals surface area contributed by atoms with Gasteiger partial charge in [-0.25, -0.2) is 10.2 Å². The quantitative estimate of drug-likeness (QED) is 0.105. The molecule has 0 saturated heterocycles. The van der Waals surface area contributed by atoms with Crippen molar-refractivity contribution in [3.8, 4) is 5.75 Å². The fourth-order valence-corrected chi connectivity index (χ4v) is 3.63. The van der Waals surface area contributed by atoms with E-state index in [1.54, 1.807) is 36.4 Å². The predicted molar refractivity (Wildman–Crippen MR) is 141 cm³/mol. The number of ether oxygens (including phenoxy) is 1. The molecule has 180 valence electrons. The molecule has 7 nitrogen and oxygen atoms in total. The Bertz CT molecular complexity index is 1500. The van der Waals surface area contributed by atoms with Crippen LogP contribution in [-0.4, -0.2) is 24.0 Å². The van der Waals surface area contributed by atoms with Crippen molar-refractivity contribution in [2.75, 3.05) is 5.32 Å². The van der Waals surface area contributed by atoms with E-state index in [-0.39, 0.29) is 10.8 Å². The molecule has 4 aromatic rings. The van der Waals surface area contributed by atoms with Crippen LogP contribution in [0.4, 0.5) is 5.69 Å². The van der Waals surface area contributed by atoms with Crippen molar-refractivity contribution in [1.82, 2.24) is 5.43 Å². The number of carbonyl (C=O) groups excluding carboxylic acids is 3. The third kappa shape index (κ3) is 6.01. The highest BCUT2D eigenvalue weighted by Crippen LogP contribution is 2.28. The average Bonchev–Trinajstić information content (AvgIpc) is 2.87. The van der Waals surface area contributed by atoms with Gasteiger partial charge in [0.1, 0.15) is 5.75 Å². The topological polar surface area (TPSA) is 96.9 Å². The van der Waals surface area contributed by atoms with Gasteiger partial charge in [0.05, 0.1) is 21.8 Å². The van der Waals surface area contributed by atoms with E-state index in [1.165, 1.54) is 24.4 Å². The zero-order valence-corrected chi connectivity index (χ0v) is 20.6. The summed E-state index contributed by atoms with van der Waals surface area (Å²) >= 11 is 17.7. The molecule has 0 aliphatic heterocycles. The van der Waals surface area contributed by atoms with Gasteiger partial charge in [-0.1, -0.05) is 65.1 Å². The Hall–Kier alpha value is -3.91. The third-order valence-electron chi connectivity index (χ3n) is 4.96. The molecular formula is C26H16Cl3N3O4. The fraction of sp³-hybridized carbons (Fsp3) is 0. The van der Waals surface area contributed by atoms with Crippen LogP contribution in [0.1, 0.15) is 15.9 Å². The number of fused-ring (bicyclic) bond motifs is 1. The van der Waals surface area contributed by atoms with Gasteiger partial charge < -0.3 is 10.1 Å². The molecule has 2 amide bonds. The van der Waals surface area contributed by atoms with E-state index in [0.717, 1.165) is 10.8 Å². The monoisotopic (exact) mass is 539 g/mol. The minimum absolute atomic E-state index is 0.215. The number of hydrogen-bond donors (Lipinski definition) is 2. The number of anilines is 1. The SMILES string of the molecule is O=C(NN=Cc1c(OC(=O)c2ccc(Cl)cc2)ccc2ccccc12)C(=O)Nc1ccc(Cl)c(Cl)c1. The summed E-state index contributed by atoms with van der Waals surface area (Å²) in [6, 6.07) is 21.4. The first-order chi connectivity index (χ1) is 17.3. The first-order valence-electron chi connectivity index (χ1n) is 10.4. The molecule has 0 heterocycles. The van der Waals surface area contributed by atoms with E-state index in [4.69, 9.17) is 39.5 Å². The highest BCUT2D eigenvalue weighted by molar-refractivity contribution is 6.43. The first kappa shape index (κ1) is 25.2. The van der Waals surface area contributed by atoms with Gasteiger partial charge >= 0.3 is 17.8 Å². The van der Waals surface area contributed by atoms with Crippen LogP contribution in [0.2, 0.25) is 15.1 Å². The summed E-state index contributed by atoms with van der Waals surface area (Å²) in [6.45, 7) is 0. The number of carbonyl (C=O) groups is 3. The van der Waals surface area contributed by atoms with Gasteiger partial charge in [-0.2, -0.15) is 5.10 Å². The van der Waals surface area contributed by atoms with Gasteiger partial charge in [0.15, 0.2) is 0 Å². The molecule has 2 N–H and O–H groups in total. The lowest BCUT2D eigenvalue weighted by Gasteiger charge is -2.10. The number of nitrogens with one attached hydrogen (secondary N) is 2. The molecule has 0 fully saturated rings. The van der Waals surface area contributed by atoms with Gasteiger partial charge in [0, 0.05) is 16.3 Å².